The zero-order chi connectivity index (χ0) is 15.3. The molecule has 0 aromatic carbocycles. The molecule has 4 rings (SSSR count). The second-order valence-corrected chi connectivity index (χ2v) is 5.73. The zero-order valence-corrected chi connectivity index (χ0v) is 11.9. The van der Waals surface area contributed by atoms with Crippen LogP contribution in [-0.2, 0) is 4.74 Å². The van der Waals surface area contributed by atoms with Crippen molar-refractivity contribution in [3.8, 4) is 0 Å². The van der Waals surface area contributed by atoms with Crippen molar-refractivity contribution in [2.45, 2.75) is 31.0 Å². The molecule has 2 aliphatic rings. The van der Waals surface area contributed by atoms with Gasteiger partial charge < -0.3 is 29.5 Å². The largest absolute Gasteiger partial charge is 0.394 e. The molecule has 0 amide bonds. The number of hydrogen-bond donors (Lipinski definition) is 3. The predicted octanol–water partition coefficient (Wildman–Crippen LogP) is -0.747. The van der Waals surface area contributed by atoms with Crippen molar-refractivity contribution in [1.29, 1.82) is 0 Å². The molecule has 22 heavy (non-hydrogen) atoms. The van der Waals surface area contributed by atoms with E-state index in [9.17, 15) is 15.3 Å². The Bertz CT molecular complexity index is 687. The first kappa shape index (κ1) is 13.9. The van der Waals surface area contributed by atoms with E-state index in [0.717, 1.165) is 30.7 Å². The molecule has 4 heterocycles. The number of fused-ring (bicyclic) bond motifs is 1. The lowest BCUT2D eigenvalue weighted by Crippen LogP contribution is -2.37. The van der Waals surface area contributed by atoms with Gasteiger partial charge in [-0.15, -0.1) is 0 Å². The Morgan fingerprint density at radius 1 is 1.23 bits per heavy atom. The number of aromatic nitrogens is 3. The summed E-state index contributed by atoms with van der Waals surface area (Å²) in [5.74, 6) is 0.877. The van der Waals surface area contributed by atoms with Crippen LogP contribution in [-0.4, -0.2) is 67.9 Å². The fourth-order valence-electron chi connectivity index (χ4n) is 3.05. The maximum Gasteiger partial charge on any atom is 0.164 e. The number of aliphatic hydroxyl groups is 3. The second-order valence-electron chi connectivity index (χ2n) is 5.73. The van der Waals surface area contributed by atoms with E-state index >= 15 is 0 Å². The van der Waals surface area contributed by atoms with E-state index in [4.69, 9.17) is 4.74 Å². The molecule has 0 saturated carbocycles. The lowest BCUT2D eigenvalue weighted by molar-refractivity contribution is -0.0508. The molecule has 2 aromatic rings. The number of hydrogen-bond acceptors (Lipinski definition) is 7. The van der Waals surface area contributed by atoms with E-state index in [1.54, 1.807) is 10.8 Å². The first-order chi connectivity index (χ1) is 10.7. The summed E-state index contributed by atoms with van der Waals surface area (Å²) >= 11 is 0. The minimum Gasteiger partial charge on any atom is -0.394 e. The summed E-state index contributed by atoms with van der Waals surface area (Å²) in [5.41, 5.74) is 0.645. The molecule has 4 atom stereocenters. The Kier molecular flexibility index (Phi) is 3.26. The van der Waals surface area contributed by atoms with Crippen LogP contribution in [0.25, 0.3) is 11.0 Å². The maximum atomic E-state index is 10.2. The number of rotatable bonds is 3. The van der Waals surface area contributed by atoms with Gasteiger partial charge in [0.1, 0.15) is 36.1 Å². The molecule has 2 saturated heterocycles. The highest BCUT2D eigenvalue weighted by molar-refractivity contribution is 5.88. The molecular formula is C14H18N4O4. The average molecular weight is 306 g/mol. The Morgan fingerprint density at radius 3 is 2.68 bits per heavy atom. The zero-order valence-electron chi connectivity index (χ0n) is 11.9. The van der Waals surface area contributed by atoms with Crippen LogP contribution in [0.5, 0.6) is 0 Å². The van der Waals surface area contributed by atoms with E-state index in [2.05, 4.69) is 14.9 Å². The number of nitrogens with zero attached hydrogens (tertiary/aromatic N) is 4. The Morgan fingerprint density at radius 2 is 2.05 bits per heavy atom. The van der Waals surface area contributed by atoms with Crippen LogP contribution in [0.2, 0.25) is 0 Å². The molecular weight excluding hydrogens is 288 g/mol. The lowest BCUT2D eigenvalue weighted by Gasteiger charge is -2.32. The highest BCUT2D eigenvalue weighted by Crippen LogP contribution is 2.34. The molecule has 0 bridgehead atoms. The molecule has 2 aliphatic heterocycles. The monoisotopic (exact) mass is 306 g/mol. The van der Waals surface area contributed by atoms with Crippen molar-refractivity contribution < 1.29 is 20.1 Å². The average Bonchev–Trinajstić information content (AvgIpc) is 3.01. The normalized spacial score (nSPS) is 31.7. The van der Waals surface area contributed by atoms with Crippen molar-refractivity contribution in [2.75, 3.05) is 24.6 Å². The molecule has 0 aliphatic carbocycles. The predicted molar refractivity (Wildman–Crippen MR) is 77.4 cm³/mol. The standard InChI is InChI=1S/C14H18N4O4/c19-6-9-10(20)11(21)14(22-9)18-5-2-8-12(17-3-1-4-17)15-7-16-13(8)18/h2,5,7,9-11,14,19-21H,1,3-4,6H2/t9-,10-,11-,14-/m1/s1. The van der Waals surface area contributed by atoms with Crippen molar-refractivity contribution in [2.24, 2.45) is 0 Å². The molecule has 8 heteroatoms. The summed E-state index contributed by atoms with van der Waals surface area (Å²) < 4.78 is 7.25. The van der Waals surface area contributed by atoms with Gasteiger partial charge in [0.25, 0.3) is 0 Å². The fraction of sp³-hybridized carbons (Fsp3) is 0.571. The lowest BCUT2D eigenvalue weighted by atomic mass is 10.1. The third-order valence-corrected chi connectivity index (χ3v) is 4.44. The van der Waals surface area contributed by atoms with Crippen molar-refractivity contribution in [3.63, 3.8) is 0 Å². The number of ether oxygens (including phenoxy) is 1. The third kappa shape index (κ3) is 1.92. The van der Waals surface area contributed by atoms with Gasteiger partial charge in [0.15, 0.2) is 6.23 Å². The topological polar surface area (TPSA) is 104 Å². The van der Waals surface area contributed by atoms with E-state index in [1.165, 1.54) is 6.33 Å². The van der Waals surface area contributed by atoms with Gasteiger partial charge in [-0.3, -0.25) is 0 Å². The molecule has 2 aromatic heterocycles. The smallest absolute Gasteiger partial charge is 0.164 e. The summed E-state index contributed by atoms with van der Waals surface area (Å²) in [7, 11) is 0. The van der Waals surface area contributed by atoms with Crippen LogP contribution in [0, 0.1) is 0 Å². The van der Waals surface area contributed by atoms with Crippen molar-refractivity contribution in [3.05, 3.63) is 18.6 Å². The van der Waals surface area contributed by atoms with Crippen LogP contribution in [0.15, 0.2) is 18.6 Å². The fourth-order valence-corrected chi connectivity index (χ4v) is 3.05. The van der Waals surface area contributed by atoms with Crippen LogP contribution in [0.1, 0.15) is 12.6 Å². The van der Waals surface area contributed by atoms with Gasteiger partial charge in [0, 0.05) is 19.3 Å². The second kappa shape index (κ2) is 5.17. The minimum atomic E-state index is -1.12. The van der Waals surface area contributed by atoms with Gasteiger partial charge in [-0.1, -0.05) is 0 Å². The highest BCUT2D eigenvalue weighted by atomic mass is 16.6. The summed E-state index contributed by atoms with van der Waals surface area (Å²) in [5, 5.41) is 30.2. The van der Waals surface area contributed by atoms with Crippen molar-refractivity contribution in [1.82, 2.24) is 14.5 Å². The molecule has 0 unspecified atom stereocenters. The molecule has 8 nitrogen and oxygen atoms in total. The van der Waals surface area contributed by atoms with Crippen LogP contribution in [0.4, 0.5) is 5.82 Å². The van der Waals surface area contributed by atoms with Crippen LogP contribution < -0.4 is 4.90 Å². The Balaban J connectivity index is 1.74. The van der Waals surface area contributed by atoms with Gasteiger partial charge >= 0.3 is 0 Å². The minimum absolute atomic E-state index is 0.345. The van der Waals surface area contributed by atoms with E-state index in [-0.39, 0.29) is 6.61 Å². The number of anilines is 1. The van der Waals surface area contributed by atoms with E-state index < -0.39 is 24.5 Å². The van der Waals surface area contributed by atoms with Crippen molar-refractivity contribution >= 4 is 16.9 Å². The first-order valence-electron chi connectivity index (χ1n) is 7.39. The summed E-state index contributed by atoms with van der Waals surface area (Å²) in [6, 6.07) is 1.89. The van der Waals surface area contributed by atoms with Gasteiger partial charge in [-0.2, -0.15) is 0 Å². The maximum absolute atomic E-state index is 10.2. The number of aliphatic hydroxyl groups excluding tert-OH is 3. The molecule has 2 fully saturated rings. The summed E-state index contributed by atoms with van der Waals surface area (Å²) in [4.78, 5) is 10.8. The van der Waals surface area contributed by atoms with Crippen LogP contribution in [0.3, 0.4) is 0 Å². The molecule has 0 spiro atoms. The first-order valence-corrected chi connectivity index (χ1v) is 7.39. The summed E-state index contributed by atoms with van der Waals surface area (Å²) in [6.45, 7) is 1.61. The Labute approximate surface area is 126 Å². The van der Waals surface area contributed by atoms with E-state index in [1.807, 2.05) is 6.07 Å². The van der Waals surface area contributed by atoms with Gasteiger partial charge in [-0.05, 0) is 12.5 Å². The van der Waals surface area contributed by atoms with Crippen LogP contribution >= 0.6 is 0 Å². The Hall–Kier alpha value is -1.74. The van der Waals surface area contributed by atoms with E-state index in [0.29, 0.717) is 5.65 Å². The van der Waals surface area contributed by atoms with Gasteiger partial charge in [0.05, 0.1) is 12.0 Å². The van der Waals surface area contributed by atoms with Gasteiger partial charge in [-0.25, -0.2) is 9.97 Å². The third-order valence-electron chi connectivity index (χ3n) is 4.44. The quantitative estimate of drug-likeness (QED) is 0.685. The molecule has 0 radical (unpaired) electrons. The molecule has 118 valence electrons. The summed E-state index contributed by atoms with van der Waals surface area (Å²) in [6.07, 6.45) is 0.606. The van der Waals surface area contributed by atoms with Gasteiger partial charge in [0.2, 0.25) is 0 Å². The highest BCUT2D eigenvalue weighted by Gasteiger charge is 2.43. The SMILES string of the molecule is OC[C@H]1O[C@@H](n2ccc3c(N4CCC4)ncnc32)[C@H](O)[C@@H]1O. The molecule has 3 N–H and O–H groups in total.